The molecule has 1 unspecified atom stereocenters. The van der Waals surface area contributed by atoms with Crippen molar-refractivity contribution in [3.8, 4) is 5.75 Å². The fourth-order valence-electron chi connectivity index (χ4n) is 2.92. The molecular weight excluding hydrogens is 368 g/mol. The predicted octanol–water partition coefficient (Wildman–Crippen LogP) is 1.81. The fourth-order valence-corrected chi connectivity index (χ4v) is 2.92. The minimum Gasteiger partial charge on any atom is -0.495 e. The van der Waals surface area contributed by atoms with Crippen molar-refractivity contribution in [1.29, 1.82) is 0 Å². The summed E-state index contributed by atoms with van der Waals surface area (Å²) in [5.74, 6) is 1.47. The van der Waals surface area contributed by atoms with E-state index in [-0.39, 0.29) is 24.4 Å². The monoisotopic (exact) mass is 392 g/mol. The van der Waals surface area contributed by atoms with Crippen molar-refractivity contribution in [2.24, 2.45) is 0 Å². The van der Waals surface area contributed by atoms with Crippen LogP contribution in [-0.4, -0.2) is 55.7 Å². The molecule has 0 aliphatic carbocycles. The van der Waals surface area contributed by atoms with Crippen molar-refractivity contribution in [3.63, 3.8) is 0 Å². The highest BCUT2D eigenvalue weighted by atomic mass is 35.5. The number of halogens is 1. The van der Waals surface area contributed by atoms with Crippen molar-refractivity contribution in [2.45, 2.75) is 13.0 Å². The van der Waals surface area contributed by atoms with E-state index in [1.54, 1.807) is 20.4 Å². The number of rotatable bonds is 5. The van der Waals surface area contributed by atoms with E-state index in [4.69, 9.17) is 4.74 Å². The Hall–Kier alpha value is -2.58. The third kappa shape index (κ3) is 4.58. The van der Waals surface area contributed by atoms with Gasteiger partial charge < -0.3 is 25.6 Å². The lowest BCUT2D eigenvalue weighted by atomic mass is 10.2. The molecule has 1 fully saturated rings. The molecule has 0 radical (unpaired) electrons. The quantitative estimate of drug-likeness (QED) is 0.714. The van der Waals surface area contributed by atoms with Crippen LogP contribution in [0.2, 0.25) is 0 Å². The van der Waals surface area contributed by atoms with Crippen LogP contribution in [0.15, 0.2) is 30.5 Å². The van der Waals surface area contributed by atoms with Crippen LogP contribution in [0.5, 0.6) is 5.75 Å². The van der Waals surface area contributed by atoms with Gasteiger partial charge >= 0.3 is 0 Å². The minimum atomic E-state index is -0.248. The number of carbonyl (C=O) groups excluding carboxylic acids is 1. The van der Waals surface area contributed by atoms with Gasteiger partial charge in [0.25, 0.3) is 5.91 Å². The molecule has 1 aliphatic heterocycles. The Morgan fingerprint density at radius 3 is 2.85 bits per heavy atom. The number of piperazine rings is 1. The second-order valence-electron chi connectivity index (χ2n) is 6.08. The van der Waals surface area contributed by atoms with E-state index in [0.29, 0.717) is 23.1 Å². The molecule has 1 saturated heterocycles. The van der Waals surface area contributed by atoms with Crippen LogP contribution >= 0.6 is 12.4 Å². The summed E-state index contributed by atoms with van der Waals surface area (Å²) in [6.07, 6.45) is 1.56. The predicted molar refractivity (Wildman–Crippen MR) is 109 cm³/mol. The topological polar surface area (TPSA) is 91.4 Å². The van der Waals surface area contributed by atoms with Gasteiger partial charge in [0, 0.05) is 38.9 Å². The zero-order valence-corrected chi connectivity index (χ0v) is 16.5. The van der Waals surface area contributed by atoms with Crippen LogP contribution < -0.4 is 25.6 Å². The molecule has 0 saturated carbocycles. The summed E-state index contributed by atoms with van der Waals surface area (Å²) in [7, 11) is 3.19. The number of hydrogen-bond donors (Lipinski definition) is 3. The molecule has 1 aromatic carbocycles. The molecule has 9 heteroatoms. The van der Waals surface area contributed by atoms with Gasteiger partial charge in [-0.25, -0.2) is 4.98 Å². The number of hydrogen-bond acceptors (Lipinski definition) is 7. The number of carbonyl (C=O) groups is 1. The molecule has 1 aromatic heterocycles. The van der Waals surface area contributed by atoms with Crippen molar-refractivity contribution in [2.75, 3.05) is 44.0 Å². The van der Waals surface area contributed by atoms with E-state index in [2.05, 4.69) is 37.7 Å². The molecule has 2 heterocycles. The van der Waals surface area contributed by atoms with E-state index >= 15 is 0 Å². The van der Waals surface area contributed by atoms with Gasteiger partial charge in [0.2, 0.25) is 5.95 Å². The maximum atomic E-state index is 12.2. The largest absolute Gasteiger partial charge is 0.495 e. The van der Waals surface area contributed by atoms with Gasteiger partial charge in [0.15, 0.2) is 0 Å². The summed E-state index contributed by atoms with van der Waals surface area (Å²) in [6.45, 7) is 4.68. The average molecular weight is 393 g/mol. The molecule has 1 atom stereocenters. The number of nitrogens with zero attached hydrogens (tertiary/aromatic N) is 3. The number of benzene rings is 1. The number of ether oxygens (including phenoxy) is 1. The molecule has 3 N–H and O–H groups in total. The van der Waals surface area contributed by atoms with Crippen molar-refractivity contribution < 1.29 is 9.53 Å². The standard InChI is InChI=1S/C18H24N6O2.ClH/c1-12-10-20-8-9-24(12)18-21-11-13(17(25)19-2)16(23-18)22-14-6-4-5-7-15(14)26-3;/h4-7,11-12,20H,8-10H2,1-3H3,(H,19,25)(H,21,22,23);1H. The number of anilines is 3. The Bertz CT molecular complexity index is 788. The van der Waals surface area contributed by atoms with E-state index in [0.717, 1.165) is 25.3 Å². The zero-order valence-electron chi connectivity index (χ0n) is 15.7. The Labute approximate surface area is 165 Å². The van der Waals surface area contributed by atoms with Crippen LogP contribution in [0.4, 0.5) is 17.5 Å². The van der Waals surface area contributed by atoms with Crippen molar-refractivity contribution in [3.05, 3.63) is 36.0 Å². The Morgan fingerprint density at radius 2 is 2.15 bits per heavy atom. The third-order valence-corrected chi connectivity index (χ3v) is 4.37. The second-order valence-corrected chi connectivity index (χ2v) is 6.08. The highest BCUT2D eigenvalue weighted by Crippen LogP contribution is 2.28. The van der Waals surface area contributed by atoms with Crippen molar-refractivity contribution >= 4 is 35.8 Å². The highest BCUT2D eigenvalue weighted by Gasteiger charge is 2.23. The summed E-state index contributed by atoms with van der Waals surface area (Å²) in [5.41, 5.74) is 1.11. The SMILES string of the molecule is CNC(=O)c1cnc(N2CCNCC2C)nc1Nc1ccccc1OC.Cl. The van der Waals surface area contributed by atoms with E-state index < -0.39 is 0 Å². The van der Waals surface area contributed by atoms with Gasteiger partial charge in [-0.15, -0.1) is 12.4 Å². The van der Waals surface area contributed by atoms with E-state index in [1.807, 2.05) is 24.3 Å². The number of nitrogens with one attached hydrogen (secondary N) is 3. The first-order valence-corrected chi connectivity index (χ1v) is 8.60. The average Bonchev–Trinajstić information content (AvgIpc) is 2.68. The molecule has 27 heavy (non-hydrogen) atoms. The molecular formula is C18H25ClN6O2. The first-order chi connectivity index (χ1) is 12.6. The van der Waals surface area contributed by atoms with Crippen LogP contribution in [0, 0.1) is 0 Å². The molecule has 1 aliphatic rings. The molecule has 2 aromatic rings. The van der Waals surface area contributed by atoms with Crippen LogP contribution in [0.1, 0.15) is 17.3 Å². The summed E-state index contributed by atoms with van der Waals surface area (Å²) < 4.78 is 5.38. The lowest BCUT2D eigenvalue weighted by Gasteiger charge is -2.34. The Kier molecular flexibility index (Phi) is 7.20. The lowest BCUT2D eigenvalue weighted by molar-refractivity contribution is 0.0963. The molecule has 0 bridgehead atoms. The van der Waals surface area contributed by atoms with Crippen LogP contribution in [-0.2, 0) is 0 Å². The number of aromatic nitrogens is 2. The maximum Gasteiger partial charge on any atom is 0.256 e. The number of methoxy groups -OCH3 is 1. The Balaban J connectivity index is 0.00000261. The fraction of sp³-hybridized carbons (Fsp3) is 0.389. The molecule has 3 rings (SSSR count). The van der Waals surface area contributed by atoms with Gasteiger partial charge in [0.1, 0.15) is 17.1 Å². The van der Waals surface area contributed by atoms with E-state index in [9.17, 15) is 4.79 Å². The molecule has 1 amide bonds. The number of amides is 1. The molecule has 8 nitrogen and oxygen atoms in total. The minimum absolute atomic E-state index is 0. The summed E-state index contributed by atoms with van der Waals surface area (Å²) in [6, 6.07) is 7.78. The van der Waals surface area contributed by atoms with Gasteiger partial charge in [-0.05, 0) is 19.1 Å². The summed E-state index contributed by atoms with van der Waals surface area (Å²) >= 11 is 0. The van der Waals surface area contributed by atoms with Crippen LogP contribution in [0.3, 0.4) is 0 Å². The zero-order chi connectivity index (χ0) is 18.5. The van der Waals surface area contributed by atoms with Gasteiger partial charge in [-0.1, -0.05) is 12.1 Å². The van der Waals surface area contributed by atoms with E-state index in [1.165, 1.54) is 0 Å². The smallest absolute Gasteiger partial charge is 0.256 e. The summed E-state index contributed by atoms with van der Waals surface area (Å²) in [5, 5.41) is 9.20. The summed E-state index contributed by atoms with van der Waals surface area (Å²) in [4.78, 5) is 23.4. The molecule has 146 valence electrons. The molecule has 0 spiro atoms. The maximum absolute atomic E-state index is 12.2. The second kappa shape index (κ2) is 9.38. The van der Waals surface area contributed by atoms with Gasteiger partial charge in [0.05, 0.1) is 12.8 Å². The Morgan fingerprint density at radius 1 is 1.37 bits per heavy atom. The van der Waals surface area contributed by atoms with Crippen LogP contribution in [0.25, 0.3) is 0 Å². The van der Waals surface area contributed by atoms with Crippen molar-refractivity contribution in [1.82, 2.24) is 20.6 Å². The highest BCUT2D eigenvalue weighted by molar-refractivity contribution is 5.99. The first-order valence-electron chi connectivity index (χ1n) is 8.60. The number of para-hydroxylation sites is 2. The first kappa shape index (κ1) is 20.7. The third-order valence-electron chi connectivity index (χ3n) is 4.37. The lowest BCUT2D eigenvalue weighted by Crippen LogP contribution is -2.50. The normalized spacial score (nSPS) is 16.3. The van der Waals surface area contributed by atoms with Gasteiger partial charge in [-0.3, -0.25) is 4.79 Å². The van der Waals surface area contributed by atoms with Gasteiger partial charge in [-0.2, -0.15) is 4.98 Å².